The first kappa shape index (κ1) is 32.9. The van der Waals surface area contributed by atoms with Crippen molar-refractivity contribution in [1.82, 2.24) is 0 Å². The molecule has 0 aromatic heterocycles. The minimum absolute atomic E-state index is 0.0566. The fourth-order valence-electron chi connectivity index (χ4n) is 8.29. The number of rotatable bonds is 13. The van der Waals surface area contributed by atoms with Gasteiger partial charge in [0.1, 0.15) is 0 Å². The molecule has 0 radical (unpaired) electrons. The predicted molar refractivity (Wildman–Crippen MR) is 183 cm³/mol. The van der Waals surface area contributed by atoms with Gasteiger partial charge in [-0.3, -0.25) is 0 Å². The average molecular weight is 611 g/mol. The molecular formula is C41H54O2S. The van der Waals surface area contributed by atoms with Crippen molar-refractivity contribution in [2.75, 3.05) is 0 Å². The Morgan fingerprint density at radius 3 is 1.14 bits per heavy atom. The summed E-state index contributed by atoms with van der Waals surface area (Å²) < 4.78 is 0. The summed E-state index contributed by atoms with van der Waals surface area (Å²) in [5, 5.41) is 11.1. The second-order valence-corrected chi connectivity index (χ2v) is 16.1. The Labute approximate surface area is 270 Å². The van der Waals surface area contributed by atoms with E-state index in [4.69, 9.17) is 0 Å². The Morgan fingerprint density at radius 1 is 0.591 bits per heavy atom. The second kappa shape index (κ2) is 15.7. The third-order valence-electron chi connectivity index (χ3n) is 10.4. The molecule has 4 bridgehead atoms. The maximum Gasteiger partial charge on any atom is 0.166 e. The van der Waals surface area contributed by atoms with Gasteiger partial charge in [-0.05, 0) is 148 Å². The van der Waals surface area contributed by atoms with Crippen LogP contribution in [0.5, 0.6) is 0 Å². The molecule has 2 nitrogen and oxygen atoms in total. The van der Waals surface area contributed by atoms with Crippen molar-refractivity contribution >= 4 is 16.9 Å². The third-order valence-corrected chi connectivity index (χ3v) is 12.6. The monoisotopic (exact) mass is 610 g/mol. The van der Waals surface area contributed by atoms with E-state index in [2.05, 4.69) is 93.6 Å². The van der Waals surface area contributed by atoms with E-state index in [0.717, 1.165) is 19.3 Å². The lowest BCUT2D eigenvalue weighted by molar-refractivity contribution is -0.327. The lowest BCUT2D eigenvalue weighted by Crippen LogP contribution is -2.54. The predicted octanol–water partition coefficient (Wildman–Crippen LogP) is 9.76. The summed E-state index contributed by atoms with van der Waals surface area (Å²) in [5.74, 6) is 1.38. The maximum atomic E-state index is 11.1. The van der Waals surface area contributed by atoms with Crippen molar-refractivity contribution in [3.63, 3.8) is 0 Å². The number of aliphatic carboxylic acids is 1. The van der Waals surface area contributed by atoms with Crippen molar-refractivity contribution in [2.24, 2.45) is 23.2 Å². The molecule has 4 aliphatic rings. The SMILES string of the molecule is CCCCc1ccc([S+](c2ccc(CCCC)cc2)c2ccc(CCCC)cc2)cc1.O=C([O-])C12CC3CC(CC(C3)C1)C2. The molecule has 0 unspecified atom stereocenters. The highest BCUT2D eigenvalue weighted by Gasteiger charge is 2.51. The summed E-state index contributed by atoms with van der Waals surface area (Å²) in [5.41, 5.74) is 3.98. The standard InChI is InChI=1S/C30H39S.C11H16O2/c1-4-7-10-25-13-19-28(20-14-25)31(29-21-15-26(16-22-29)11-8-5-2)30-23-17-27(18-24-30)12-9-6-3;12-10(13)11-4-7-1-8(5-11)3-9(2-7)6-11/h13-24H,4-12H2,1-3H3;7-9H,1-6H2,(H,12,13)/q+1;/p-1. The lowest BCUT2D eigenvalue weighted by atomic mass is 9.49. The van der Waals surface area contributed by atoms with Crippen LogP contribution in [0.4, 0.5) is 0 Å². The molecular weight excluding hydrogens is 557 g/mol. The summed E-state index contributed by atoms with van der Waals surface area (Å²) in [6, 6.07) is 28.3. The highest BCUT2D eigenvalue weighted by atomic mass is 32.2. The fourth-order valence-corrected chi connectivity index (χ4v) is 10.3. The van der Waals surface area contributed by atoms with Gasteiger partial charge in [0.25, 0.3) is 0 Å². The third kappa shape index (κ3) is 8.19. The van der Waals surface area contributed by atoms with Crippen LogP contribution in [0.15, 0.2) is 87.5 Å². The largest absolute Gasteiger partial charge is 0.550 e. The Balaban J connectivity index is 0.000000242. The molecule has 0 aliphatic heterocycles. The molecule has 4 aliphatic carbocycles. The van der Waals surface area contributed by atoms with Crippen LogP contribution < -0.4 is 5.11 Å². The summed E-state index contributed by atoms with van der Waals surface area (Å²) in [6.07, 6.45) is 17.8. The smallest absolute Gasteiger partial charge is 0.166 e. The molecule has 0 atom stereocenters. The zero-order chi connectivity index (χ0) is 30.9. The van der Waals surface area contributed by atoms with Crippen LogP contribution in [-0.2, 0) is 35.0 Å². The van der Waals surface area contributed by atoms with Crippen LogP contribution >= 0.6 is 0 Å². The topological polar surface area (TPSA) is 40.1 Å². The van der Waals surface area contributed by atoms with E-state index < -0.39 is 11.4 Å². The number of carboxylic acids is 1. The number of carbonyl (C=O) groups is 1. The molecule has 4 saturated carbocycles. The normalized spacial score (nSPS) is 23.4. The molecule has 0 saturated heterocycles. The minimum Gasteiger partial charge on any atom is -0.550 e. The van der Waals surface area contributed by atoms with E-state index in [-0.39, 0.29) is 10.9 Å². The number of hydrogen-bond donors (Lipinski definition) is 0. The van der Waals surface area contributed by atoms with Crippen molar-refractivity contribution in [1.29, 1.82) is 0 Å². The van der Waals surface area contributed by atoms with Crippen LogP contribution in [0.3, 0.4) is 0 Å². The summed E-state index contributed by atoms with van der Waals surface area (Å²) >= 11 is 0. The van der Waals surface area contributed by atoms with E-state index in [1.54, 1.807) is 0 Å². The Bertz CT molecular complexity index is 1150. The number of aryl methyl sites for hydroxylation is 3. The first-order valence-corrected chi connectivity index (χ1v) is 18.9. The average Bonchev–Trinajstić information content (AvgIpc) is 3.03. The molecule has 236 valence electrons. The van der Waals surface area contributed by atoms with Gasteiger partial charge in [0, 0.05) is 11.4 Å². The zero-order valence-corrected chi connectivity index (χ0v) is 28.3. The number of carboxylic acid groups (broad SMARTS) is 1. The summed E-state index contributed by atoms with van der Waals surface area (Å²) in [7, 11) is -0.0566. The van der Waals surface area contributed by atoms with Crippen LogP contribution in [0.1, 0.15) is 115 Å². The van der Waals surface area contributed by atoms with E-state index in [1.807, 2.05) is 0 Å². The molecule has 3 heteroatoms. The number of unbranched alkanes of at least 4 members (excludes halogenated alkanes) is 3. The quantitative estimate of drug-likeness (QED) is 0.181. The van der Waals surface area contributed by atoms with Crippen LogP contribution in [0, 0.1) is 23.2 Å². The highest BCUT2D eigenvalue weighted by molar-refractivity contribution is 7.97. The van der Waals surface area contributed by atoms with Gasteiger partial charge >= 0.3 is 0 Å². The van der Waals surface area contributed by atoms with Gasteiger partial charge in [-0.2, -0.15) is 0 Å². The van der Waals surface area contributed by atoms with Crippen molar-refractivity contribution in [2.45, 2.75) is 132 Å². The number of benzene rings is 3. The molecule has 4 fully saturated rings. The van der Waals surface area contributed by atoms with E-state index in [9.17, 15) is 9.90 Å². The molecule has 0 N–H and O–H groups in total. The minimum atomic E-state index is -0.758. The molecule has 3 aromatic rings. The van der Waals surface area contributed by atoms with Gasteiger partial charge < -0.3 is 9.90 Å². The molecule has 0 heterocycles. The van der Waals surface area contributed by atoms with Crippen molar-refractivity contribution in [3.05, 3.63) is 89.5 Å². The van der Waals surface area contributed by atoms with Gasteiger partial charge in [0.15, 0.2) is 14.7 Å². The van der Waals surface area contributed by atoms with Gasteiger partial charge in [-0.25, -0.2) is 0 Å². The lowest BCUT2D eigenvalue weighted by Gasteiger charge is -2.57. The number of hydrogen-bond acceptors (Lipinski definition) is 2. The van der Waals surface area contributed by atoms with E-state index in [0.29, 0.717) is 17.8 Å². The Kier molecular flexibility index (Phi) is 11.7. The van der Waals surface area contributed by atoms with Gasteiger partial charge in [0.05, 0.1) is 10.9 Å². The maximum absolute atomic E-state index is 11.1. The van der Waals surface area contributed by atoms with Gasteiger partial charge in [0.2, 0.25) is 0 Å². The summed E-state index contributed by atoms with van der Waals surface area (Å²) in [4.78, 5) is 15.4. The number of carbonyl (C=O) groups excluding carboxylic acids is 1. The van der Waals surface area contributed by atoms with E-state index >= 15 is 0 Å². The summed E-state index contributed by atoms with van der Waals surface area (Å²) in [6.45, 7) is 6.79. The Morgan fingerprint density at radius 2 is 0.886 bits per heavy atom. The zero-order valence-electron chi connectivity index (χ0n) is 27.5. The first-order chi connectivity index (χ1) is 21.4. The van der Waals surface area contributed by atoms with Gasteiger partial charge in [-0.15, -0.1) is 0 Å². The van der Waals surface area contributed by atoms with Crippen LogP contribution in [0.25, 0.3) is 0 Å². The van der Waals surface area contributed by atoms with Crippen LogP contribution in [-0.4, -0.2) is 5.97 Å². The van der Waals surface area contributed by atoms with Gasteiger partial charge in [-0.1, -0.05) is 76.4 Å². The van der Waals surface area contributed by atoms with E-state index in [1.165, 1.54) is 108 Å². The first-order valence-electron chi connectivity index (χ1n) is 17.7. The van der Waals surface area contributed by atoms with Crippen molar-refractivity contribution in [3.8, 4) is 0 Å². The fraction of sp³-hybridized carbons (Fsp3) is 0.537. The molecule has 0 amide bonds. The second-order valence-electron chi connectivity index (χ2n) is 14.0. The highest BCUT2D eigenvalue weighted by Crippen LogP contribution is 2.59. The Hall–Kier alpha value is -2.52. The van der Waals surface area contributed by atoms with Crippen molar-refractivity contribution < 1.29 is 9.90 Å². The van der Waals surface area contributed by atoms with Crippen LogP contribution in [0.2, 0.25) is 0 Å². The molecule has 44 heavy (non-hydrogen) atoms. The molecule has 7 rings (SSSR count). The molecule has 0 spiro atoms. The molecule has 3 aromatic carbocycles.